The van der Waals surface area contributed by atoms with E-state index in [2.05, 4.69) is 12.3 Å². The Morgan fingerprint density at radius 3 is 2.08 bits per heavy atom. The van der Waals surface area contributed by atoms with Crippen molar-refractivity contribution in [3.63, 3.8) is 0 Å². The fourth-order valence-corrected chi connectivity index (χ4v) is 1.21. The highest BCUT2D eigenvalue weighted by Gasteiger charge is 1.90. The highest BCUT2D eigenvalue weighted by atomic mass is 15.5. The maximum atomic E-state index is 3.27. The molecule has 0 spiro atoms. The van der Waals surface area contributed by atoms with Gasteiger partial charge in [0, 0.05) is 20.6 Å². The normalized spacial score (nSPS) is 11.0. The van der Waals surface area contributed by atoms with Crippen LogP contribution in [0.5, 0.6) is 0 Å². The third-order valence-electron chi connectivity index (χ3n) is 1.96. The van der Waals surface area contributed by atoms with E-state index in [4.69, 9.17) is 0 Å². The second-order valence-corrected chi connectivity index (χ2v) is 3.57. The molecule has 0 saturated carbocycles. The molecule has 0 saturated heterocycles. The van der Waals surface area contributed by atoms with Gasteiger partial charge in [0.2, 0.25) is 0 Å². The van der Waals surface area contributed by atoms with Crippen LogP contribution in [0.1, 0.15) is 45.4 Å². The van der Waals surface area contributed by atoms with E-state index in [9.17, 15) is 0 Å². The molecule has 74 valence electrons. The molecule has 0 amide bonds. The Morgan fingerprint density at radius 2 is 1.50 bits per heavy atom. The lowest BCUT2D eigenvalue weighted by atomic mass is 10.1. The Hall–Kier alpha value is -0.0800. The lowest BCUT2D eigenvalue weighted by Gasteiger charge is -2.10. The Morgan fingerprint density at radius 1 is 0.917 bits per heavy atom. The lowest BCUT2D eigenvalue weighted by Crippen LogP contribution is -2.30. The molecule has 0 aromatic carbocycles. The van der Waals surface area contributed by atoms with Crippen LogP contribution in [-0.2, 0) is 0 Å². The minimum absolute atomic E-state index is 1.12. The molecule has 0 aliphatic rings. The minimum atomic E-state index is 1.12. The number of hydrazine groups is 1. The number of nitrogens with one attached hydrogen (secondary N) is 1. The number of rotatable bonds is 8. The maximum Gasteiger partial charge on any atom is 0.0102 e. The predicted octanol–water partition coefficient (Wildman–Crippen LogP) is 2.41. The van der Waals surface area contributed by atoms with Crippen LogP contribution in [0.2, 0.25) is 0 Å². The Kier molecular flexibility index (Phi) is 8.95. The summed E-state index contributed by atoms with van der Waals surface area (Å²) in [5.74, 6) is 0. The van der Waals surface area contributed by atoms with Gasteiger partial charge in [-0.15, -0.1) is 0 Å². The van der Waals surface area contributed by atoms with Gasteiger partial charge in [-0.1, -0.05) is 39.0 Å². The van der Waals surface area contributed by atoms with Gasteiger partial charge < -0.3 is 0 Å². The first-order valence-corrected chi connectivity index (χ1v) is 5.18. The van der Waals surface area contributed by atoms with E-state index in [-0.39, 0.29) is 0 Å². The van der Waals surface area contributed by atoms with Gasteiger partial charge in [0.15, 0.2) is 0 Å². The molecule has 0 bridgehead atoms. The van der Waals surface area contributed by atoms with E-state index in [0.717, 1.165) is 6.54 Å². The average Bonchev–Trinajstić information content (AvgIpc) is 2.02. The van der Waals surface area contributed by atoms with Crippen molar-refractivity contribution >= 4 is 0 Å². The molecule has 0 rings (SSSR count). The van der Waals surface area contributed by atoms with Gasteiger partial charge in [-0.05, 0) is 6.42 Å². The maximum absolute atomic E-state index is 3.27. The fourth-order valence-electron chi connectivity index (χ4n) is 1.21. The average molecular weight is 172 g/mol. The molecule has 0 unspecified atom stereocenters. The molecule has 2 nitrogen and oxygen atoms in total. The second-order valence-electron chi connectivity index (χ2n) is 3.57. The zero-order valence-electron chi connectivity index (χ0n) is 8.90. The van der Waals surface area contributed by atoms with Crippen LogP contribution in [0.25, 0.3) is 0 Å². The van der Waals surface area contributed by atoms with Gasteiger partial charge in [0.25, 0.3) is 0 Å². The summed E-state index contributed by atoms with van der Waals surface area (Å²) in [7, 11) is 4.08. The Bertz CT molecular complexity index is 81.9. The van der Waals surface area contributed by atoms with E-state index >= 15 is 0 Å². The highest BCUT2D eigenvalue weighted by molar-refractivity contribution is 4.45. The third kappa shape index (κ3) is 9.92. The highest BCUT2D eigenvalue weighted by Crippen LogP contribution is 2.03. The first kappa shape index (κ1) is 11.9. The molecule has 2 heteroatoms. The van der Waals surface area contributed by atoms with Crippen molar-refractivity contribution in [1.29, 1.82) is 0 Å². The standard InChI is InChI=1S/C10H24N2/c1-4-5-6-7-8-9-10-11-12(2)3/h11H,4-10H2,1-3H3. The summed E-state index contributed by atoms with van der Waals surface area (Å²) in [6, 6.07) is 0. The summed E-state index contributed by atoms with van der Waals surface area (Å²) < 4.78 is 0. The SMILES string of the molecule is CCCCCCCCNN(C)C. The summed E-state index contributed by atoms with van der Waals surface area (Å²) in [5, 5.41) is 2.02. The van der Waals surface area contributed by atoms with Crippen LogP contribution >= 0.6 is 0 Å². The minimum Gasteiger partial charge on any atom is -0.256 e. The monoisotopic (exact) mass is 172 g/mol. The molecule has 12 heavy (non-hydrogen) atoms. The zero-order chi connectivity index (χ0) is 9.23. The second kappa shape index (κ2) is 9.01. The zero-order valence-corrected chi connectivity index (χ0v) is 8.90. The summed E-state index contributed by atoms with van der Waals surface area (Å²) in [6.45, 7) is 3.38. The summed E-state index contributed by atoms with van der Waals surface area (Å²) in [5.41, 5.74) is 3.27. The summed E-state index contributed by atoms with van der Waals surface area (Å²) in [4.78, 5) is 0. The summed E-state index contributed by atoms with van der Waals surface area (Å²) in [6.07, 6.45) is 8.25. The first-order chi connectivity index (χ1) is 5.77. The predicted molar refractivity (Wildman–Crippen MR) is 55.1 cm³/mol. The molecule has 0 fully saturated rings. The number of hydrogen-bond acceptors (Lipinski definition) is 2. The third-order valence-corrected chi connectivity index (χ3v) is 1.96. The van der Waals surface area contributed by atoms with Crippen LogP contribution in [0.4, 0.5) is 0 Å². The van der Waals surface area contributed by atoms with Crippen molar-refractivity contribution in [2.45, 2.75) is 45.4 Å². The fraction of sp³-hybridized carbons (Fsp3) is 1.00. The van der Waals surface area contributed by atoms with Crippen LogP contribution in [0.3, 0.4) is 0 Å². The van der Waals surface area contributed by atoms with Gasteiger partial charge in [0.05, 0.1) is 0 Å². The largest absolute Gasteiger partial charge is 0.256 e. The molecular formula is C10H24N2. The van der Waals surface area contributed by atoms with Crippen molar-refractivity contribution in [1.82, 2.24) is 10.4 Å². The smallest absolute Gasteiger partial charge is 0.0102 e. The quantitative estimate of drug-likeness (QED) is 0.447. The molecule has 0 heterocycles. The lowest BCUT2D eigenvalue weighted by molar-refractivity contribution is 0.286. The van der Waals surface area contributed by atoms with Crippen molar-refractivity contribution in [2.24, 2.45) is 0 Å². The topological polar surface area (TPSA) is 15.3 Å². The summed E-state index contributed by atoms with van der Waals surface area (Å²) >= 11 is 0. The molecular weight excluding hydrogens is 148 g/mol. The van der Waals surface area contributed by atoms with E-state index in [1.807, 2.05) is 19.1 Å². The number of unbranched alkanes of at least 4 members (excludes halogenated alkanes) is 5. The van der Waals surface area contributed by atoms with Crippen molar-refractivity contribution in [3.05, 3.63) is 0 Å². The van der Waals surface area contributed by atoms with Gasteiger partial charge in [-0.3, -0.25) is 10.4 Å². The number of nitrogens with zero attached hydrogens (tertiary/aromatic N) is 1. The Balaban J connectivity index is 2.82. The Labute approximate surface area is 77.3 Å². The van der Waals surface area contributed by atoms with E-state index < -0.39 is 0 Å². The van der Waals surface area contributed by atoms with Gasteiger partial charge in [-0.25, -0.2) is 0 Å². The number of hydrogen-bond donors (Lipinski definition) is 1. The van der Waals surface area contributed by atoms with E-state index in [0.29, 0.717) is 0 Å². The molecule has 0 radical (unpaired) electrons. The molecule has 0 aromatic heterocycles. The first-order valence-electron chi connectivity index (χ1n) is 5.18. The van der Waals surface area contributed by atoms with Crippen molar-refractivity contribution in [2.75, 3.05) is 20.6 Å². The molecule has 0 aromatic rings. The molecule has 0 atom stereocenters. The van der Waals surface area contributed by atoms with E-state index in [1.165, 1.54) is 38.5 Å². The van der Waals surface area contributed by atoms with Crippen molar-refractivity contribution in [3.8, 4) is 0 Å². The van der Waals surface area contributed by atoms with Crippen molar-refractivity contribution < 1.29 is 0 Å². The van der Waals surface area contributed by atoms with E-state index in [1.54, 1.807) is 0 Å². The van der Waals surface area contributed by atoms with Crippen LogP contribution in [0.15, 0.2) is 0 Å². The van der Waals surface area contributed by atoms with Gasteiger partial charge >= 0.3 is 0 Å². The molecule has 0 aliphatic carbocycles. The molecule has 0 aliphatic heterocycles. The van der Waals surface area contributed by atoms with Gasteiger partial charge in [-0.2, -0.15) is 0 Å². The van der Waals surface area contributed by atoms with Gasteiger partial charge in [0.1, 0.15) is 0 Å². The van der Waals surface area contributed by atoms with Crippen LogP contribution in [0, 0.1) is 0 Å². The van der Waals surface area contributed by atoms with Crippen LogP contribution < -0.4 is 5.43 Å². The molecule has 1 N–H and O–H groups in total. The van der Waals surface area contributed by atoms with Crippen LogP contribution in [-0.4, -0.2) is 25.6 Å².